The summed E-state index contributed by atoms with van der Waals surface area (Å²) >= 11 is 0. The molecule has 1 fully saturated rings. The molecule has 0 saturated carbocycles. The van der Waals surface area contributed by atoms with Crippen LogP contribution < -0.4 is 19.7 Å². The predicted octanol–water partition coefficient (Wildman–Crippen LogP) is 3.15. The van der Waals surface area contributed by atoms with Crippen molar-refractivity contribution < 1.29 is 14.2 Å². The van der Waals surface area contributed by atoms with E-state index in [-0.39, 0.29) is 6.04 Å². The summed E-state index contributed by atoms with van der Waals surface area (Å²) in [7, 11) is 0. The van der Waals surface area contributed by atoms with Gasteiger partial charge in [-0.3, -0.25) is 0 Å². The SMILES string of the molecule is CC(NCc1ccc(N2CCOCC2)cc1)c1ccc2c(c1)OCCO2. The standard InChI is InChI=1S/C21H26N2O3/c1-16(18-4-7-20-21(14-18)26-13-12-25-20)22-15-17-2-5-19(6-3-17)23-8-10-24-11-9-23/h2-7,14,16,22H,8-13,15H2,1H3. The van der Waals surface area contributed by atoms with Gasteiger partial charge in [0.15, 0.2) is 11.5 Å². The molecule has 138 valence electrons. The van der Waals surface area contributed by atoms with Gasteiger partial charge >= 0.3 is 0 Å². The van der Waals surface area contributed by atoms with E-state index >= 15 is 0 Å². The minimum atomic E-state index is 0.241. The van der Waals surface area contributed by atoms with E-state index < -0.39 is 0 Å². The molecule has 0 aromatic heterocycles. The maximum absolute atomic E-state index is 5.68. The number of anilines is 1. The summed E-state index contributed by atoms with van der Waals surface area (Å²) in [5.41, 5.74) is 3.77. The Morgan fingerprint density at radius 1 is 0.923 bits per heavy atom. The van der Waals surface area contributed by atoms with Gasteiger partial charge in [-0.05, 0) is 42.3 Å². The molecule has 0 aliphatic carbocycles. The lowest BCUT2D eigenvalue weighted by molar-refractivity contribution is 0.122. The quantitative estimate of drug-likeness (QED) is 0.894. The first-order valence-electron chi connectivity index (χ1n) is 9.34. The van der Waals surface area contributed by atoms with Crippen molar-refractivity contribution >= 4 is 5.69 Å². The van der Waals surface area contributed by atoms with Gasteiger partial charge in [-0.25, -0.2) is 0 Å². The Morgan fingerprint density at radius 2 is 1.65 bits per heavy atom. The highest BCUT2D eigenvalue weighted by molar-refractivity contribution is 5.48. The average Bonchev–Trinajstić information content (AvgIpc) is 2.72. The Morgan fingerprint density at radius 3 is 2.42 bits per heavy atom. The number of nitrogens with zero attached hydrogens (tertiary/aromatic N) is 1. The van der Waals surface area contributed by atoms with Crippen LogP contribution in [0, 0.1) is 0 Å². The van der Waals surface area contributed by atoms with Crippen LogP contribution in [0.5, 0.6) is 11.5 Å². The highest BCUT2D eigenvalue weighted by Crippen LogP contribution is 2.32. The molecule has 1 saturated heterocycles. The number of fused-ring (bicyclic) bond motifs is 1. The summed E-state index contributed by atoms with van der Waals surface area (Å²) in [6.45, 7) is 7.82. The number of ether oxygens (including phenoxy) is 3. The van der Waals surface area contributed by atoms with Gasteiger partial charge in [0, 0.05) is 31.4 Å². The van der Waals surface area contributed by atoms with E-state index in [0.717, 1.165) is 44.3 Å². The highest BCUT2D eigenvalue weighted by Gasteiger charge is 2.14. The first-order chi connectivity index (χ1) is 12.8. The summed E-state index contributed by atoms with van der Waals surface area (Å²) in [5, 5.41) is 3.59. The van der Waals surface area contributed by atoms with Gasteiger partial charge in [-0.2, -0.15) is 0 Å². The second kappa shape index (κ2) is 7.98. The highest BCUT2D eigenvalue weighted by atomic mass is 16.6. The van der Waals surface area contributed by atoms with Crippen LogP contribution in [0.4, 0.5) is 5.69 Å². The second-order valence-electron chi connectivity index (χ2n) is 6.77. The number of morpholine rings is 1. The lowest BCUT2D eigenvalue weighted by atomic mass is 10.1. The van der Waals surface area contributed by atoms with Gasteiger partial charge < -0.3 is 24.4 Å². The van der Waals surface area contributed by atoms with Crippen molar-refractivity contribution in [3.05, 3.63) is 53.6 Å². The van der Waals surface area contributed by atoms with Crippen molar-refractivity contribution in [3.8, 4) is 11.5 Å². The van der Waals surface area contributed by atoms with Crippen LogP contribution in [-0.2, 0) is 11.3 Å². The molecule has 1 atom stereocenters. The van der Waals surface area contributed by atoms with Gasteiger partial charge in [0.2, 0.25) is 0 Å². The van der Waals surface area contributed by atoms with Crippen molar-refractivity contribution in [1.82, 2.24) is 5.32 Å². The fraction of sp³-hybridized carbons (Fsp3) is 0.429. The third kappa shape index (κ3) is 3.94. The van der Waals surface area contributed by atoms with Gasteiger partial charge in [0.05, 0.1) is 13.2 Å². The number of hydrogen-bond donors (Lipinski definition) is 1. The molecule has 2 aliphatic heterocycles. The molecule has 0 radical (unpaired) electrons. The minimum absolute atomic E-state index is 0.241. The van der Waals surface area contributed by atoms with Crippen molar-refractivity contribution in [2.24, 2.45) is 0 Å². The van der Waals surface area contributed by atoms with Crippen LogP contribution in [-0.4, -0.2) is 39.5 Å². The summed E-state index contributed by atoms with van der Waals surface area (Å²) in [6, 6.07) is 15.2. The molecular weight excluding hydrogens is 328 g/mol. The van der Waals surface area contributed by atoms with E-state index in [9.17, 15) is 0 Å². The Labute approximate surface area is 154 Å². The molecule has 0 bridgehead atoms. The molecule has 4 rings (SSSR count). The van der Waals surface area contributed by atoms with E-state index in [2.05, 4.69) is 53.5 Å². The van der Waals surface area contributed by atoms with Crippen LogP contribution in [0.15, 0.2) is 42.5 Å². The molecule has 0 amide bonds. The second-order valence-corrected chi connectivity index (χ2v) is 6.77. The summed E-state index contributed by atoms with van der Waals surface area (Å²) < 4.78 is 16.7. The van der Waals surface area contributed by atoms with Crippen LogP contribution in [0.3, 0.4) is 0 Å². The summed E-state index contributed by atoms with van der Waals surface area (Å²) in [6.07, 6.45) is 0. The van der Waals surface area contributed by atoms with Crippen molar-refractivity contribution in [2.45, 2.75) is 19.5 Å². The Kier molecular flexibility index (Phi) is 5.27. The molecule has 1 N–H and O–H groups in total. The molecule has 0 spiro atoms. The van der Waals surface area contributed by atoms with Crippen LogP contribution in [0.25, 0.3) is 0 Å². The zero-order valence-corrected chi connectivity index (χ0v) is 15.2. The third-order valence-corrected chi connectivity index (χ3v) is 4.99. The van der Waals surface area contributed by atoms with Crippen molar-refractivity contribution in [1.29, 1.82) is 0 Å². The molecular formula is C21H26N2O3. The molecule has 26 heavy (non-hydrogen) atoms. The Hall–Kier alpha value is -2.24. The maximum atomic E-state index is 5.68. The fourth-order valence-electron chi connectivity index (χ4n) is 3.36. The molecule has 1 unspecified atom stereocenters. The largest absolute Gasteiger partial charge is 0.486 e. The normalized spacial score (nSPS) is 17.8. The fourth-order valence-corrected chi connectivity index (χ4v) is 3.36. The van der Waals surface area contributed by atoms with E-state index in [4.69, 9.17) is 14.2 Å². The monoisotopic (exact) mass is 354 g/mol. The third-order valence-electron chi connectivity index (χ3n) is 4.99. The number of nitrogens with one attached hydrogen (secondary N) is 1. The van der Waals surface area contributed by atoms with Gasteiger partial charge in [-0.15, -0.1) is 0 Å². The average molecular weight is 354 g/mol. The van der Waals surface area contributed by atoms with E-state index in [1.54, 1.807) is 0 Å². The van der Waals surface area contributed by atoms with E-state index in [0.29, 0.717) is 13.2 Å². The smallest absolute Gasteiger partial charge is 0.161 e. The lowest BCUT2D eigenvalue weighted by Gasteiger charge is -2.29. The zero-order valence-electron chi connectivity index (χ0n) is 15.2. The summed E-state index contributed by atoms with van der Waals surface area (Å²) in [5.74, 6) is 1.68. The number of benzene rings is 2. The number of hydrogen-bond acceptors (Lipinski definition) is 5. The predicted molar refractivity (Wildman–Crippen MR) is 102 cm³/mol. The van der Waals surface area contributed by atoms with Crippen molar-refractivity contribution in [3.63, 3.8) is 0 Å². The molecule has 5 nitrogen and oxygen atoms in total. The van der Waals surface area contributed by atoms with Crippen LogP contribution >= 0.6 is 0 Å². The molecule has 2 aromatic carbocycles. The van der Waals surface area contributed by atoms with Crippen LogP contribution in [0.1, 0.15) is 24.1 Å². The van der Waals surface area contributed by atoms with Gasteiger partial charge in [0.25, 0.3) is 0 Å². The van der Waals surface area contributed by atoms with Gasteiger partial charge in [-0.1, -0.05) is 18.2 Å². The summed E-state index contributed by atoms with van der Waals surface area (Å²) in [4.78, 5) is 2.37. The molecule has 2 aromatic rings. The molecule has 2 heterocycles. The van der Waals surface area contributed by atoms with Gasteiger partial charge in [0.1, 0.15) is 13.2 Å². The molecule has 5 heteroatoms. The van der Waals surface area contributed by atoms with Crippen LogP contribution in [0.2, 0.25) is 0 Å². The first-order valence-corrected chi connectivity index (χ1v) is 9.34. The van der Waals surface area contributed by atoms with Crippen molar-refractivity contribution in [2.75, 3.05) is 44.4 Å². The lowest BCUT2D eigenvalue weighted by Crippen LogP contribution is -2.36. The Bertz CT molecular complexity index is 727. The first kappa shape index (κ1) is 17.2. The van der Waals surface area contributed by atoms with E-state index in [1.807, 2.05) is 6.07 Å². The number of rotatable bonds is 5. The topological polar surface area (TPSA) is 43.0 Å². The minimum Gasteiger partial charge on any atom is -0.486 e. The zero-order chi connectivity index (χ0) is 17.8. The maximum Gasteiger partial charge on any atom is 0.161 e. The Balaban J connectivity index is 1.34. The van der Waals surface area contributed by atoms with E-state index in [1.165, 1.54) is 16.8 Å². The molecule has 2 aliphatic rings.